The molecule has 0 saturated carbocycles. The Balaban J connectivity index is 0.000000921. The second-order valence-corrected chi connectivity index (χ2v) is 8.09. The van der Waals surface area contributed by atoms with Gasteiger partial charge in [-0.25, -0.2) is 0 Å². The maximum absolute atomic E-state index is 2.43. The minimum Gasteiger partial charge on any atom is -0.370 e. The molecule has 1 aliphatic carbocycles. The van der Waals surface area contributed by atoms with Gasteiger partial charge in [0.05, 0.1) is 0 Å². The summed E-state index contributed by atoms with van der Waals surface area (Å²) in [4.78, 5) is 2.43. The van der Waals surface area contributed by atoms with Crippen molar-refractivity contribution < 1.29 is 0 Å². The van der Waals surface area contributed by atoms with Gasteiger partial charge in [0.2, 0.25) is 0 Å². The maximum Gasteiger partial charge on any atom is 0.0487 e. The van der Waals surface area contributed by atoms with Crippen LogP contribution in [0.3, 0.4) is 0 Å². The first-order chi connectivity index (χ1) is 13.4. The molecule has 0 bridgehead atoms. The zero-order chi connectivity index (χ0) is 21.5. The summed E-state index contributed by atoms with van der Waals surface area (Å²) in [5, 5.41) is 0. The van der Waals surface area contributed by atoms with E-state index in [0.29, 0.717) is 0 Å². The van der Waals surface area contributed by atoms with Crippen molar-refractivity contribution in [1.82, 2.24) is 4.90 Å². The Hall–Kier alpha value is -1.76. The van der Waals surface area contributed by atoms with Crippen LogP contribution in [0.2, 0.25) is 0 Å². The zero-order valence-electron chi connectivity index (χ0n) is 20.1. The van der Waals surface area contributed by atoms with E-state index in [1.54, 1.807) is 0 Å². The number of benzene rings is 1. The van der Waals surface area contributed by atoms with Gasteiger partial charge in [-0.05, 0) is 41.9 Å². The molecular weight excluding hydrogens is 338 g/mol. The Labute approximate surface area is 175 Å². The molecule has 1 aromatic rings. The summed E-state index contributed by atoms with van der Waals surface area (Å²) in [6.45, 7) is 20.6. The second kappa shape index (κ2) is 10.1. The zero-order valence-corrected chi connectivity index (χ0v) is 20.1. The lowest BCUT2D eigenvalue weighted by Crippen LogP contribution is -2.25. The van der Waals surface area contributed by atoms with Crippen LogP contribution in [0.1, 0.15) is 91.8 Å². The molecule has 0 aromatic heterocycles. The molecule has 2 aliphatic rings. The Morgan fingerprint density at radius 2 is 1.79 bits per heavy atom. The van der Waals surface area contributed by atoms with Crippen LogP contribution >= 0.6 is 0 Å². The second-order valence-electron chi connectivity index (χ2n) is 8.09. The highest BCUT2D eigenvalue weighted by Gasteiger charge is 2.42. The smallest absolute Gasteiger partial charge is 0.0487 e. The topological polar surface area (TPSA) is 3.24 Å². The number of allylic oxidation sites excluding steroid dienone is 4. The molecule has 0 amide bonds. The lowest BCUT2D eigenvalue weighted by Gasteiger charge is -2.33. The van der Waals surface area contributed by atoms with Crippen LogP contribution in [0.15, 0.2) is 48.1 Å². The molecule has 1 aliphatic heterocycles. The van der Waals surface area contributed by atoms with E-state index in [1.807, 2.05) is 27.7 Å². The first-order valence-corrected chi connectivity index (χ1v) is 11.2. The van der Waals surface area contributed by atoms with Gasteiger partial charge in [-0.1, -0.05) is 97.9 Å². The van der Waals surface area contributed by atoms with Gasteiger partial charge in [0.15, 0.2) is 0 Å². The van der Waals surface area contributed by atoms with Gasteiger partial charge in [0, 0.05) is 30.3 Å². The summed E-state index contributed by atoms with van der Waals surface area (Å²) in [5.41, 5.74) is 7.69. The van der Waals surface area contributed by atoms with Gasteiger partial charge in [-0.2, -0.15) is 0 Å². The number of rotatable bonds is 4. The van der Waals surface area contributed by atoms with Crippen molar-refractivity contribution in [2.75, 3.05) is 13.6 Å². The van der Waals surface area contributed by atoms with Crippen LogP contribution in [0.25, 0.3) is 5.70 Å². The van der Waals surface area contributed by atoms with E-state index >= 15 is 0 Å². The van der Waals surface area contributed by atoms with Gasteiger partial charge >= 0.3 is 0 Å². The van der Waals surface area contributed by atoms with Crippen molar-refractivity contribution in [3.05, 3.63) is 64.8 Å². The minimum absolute atomic E-state index is 0.0844. The molecule has 28 heavy (non-hydrogen) atoms. The number of hydrogen-bond donors (Lipinski definition) is 0. The van der Waals surface area contributed by atoms with Crippen molar-refractivity contribution in [1.29, 1.82) is 0 Å². The molecule has 0 radical (unpaired) electrons. The highest BCUT2D eigenvalue weighted by Crippen LogP contribution is 2.52. The molecule has 1 aromatic carbocycles. The number of fused-ring (bicyclic) bond motifs is 2. The van der Waals surface area contributed by atoms with E-state index in [4.69, 9.17) is 0 Å². The van der Waals surface area contributed by atoms with Crippen molar-refractivity contribution in [2.45, 2.75) is 86.0 Å². The number of hydrogen-bond acceptors (Lipinski definition) is 1. The molecule has 1 unspecified atom stereocenters. The predicted octanol–water partition coefficient (Wildman–Crippen LogP) is 7.88. The van der Waals surface area contributed by atoms with Crippen molar-refractivity contribution in [3.8, 4) is 0 Å². The SMILES string of the molecule is CC.CC.CC=CCC(C)(CC)c1cccc2c1C1=C(C=CCN1C)C2(C)C. The summed E-state index contributed by atoms with van der Waals surface area (Å²) in [6.07, 6.45) is 11.4. The van der Waals surface area contributed by atoms with Gasteiger partial charge in [0.25, 0.3) is 0 Å². The maximum atomic E-state index is 2.43. The first-order valence-electron chi connectivity index (χ1n) is 11.2. The van der Waals surface area contributed by atoms with E-state index in [1.165, 1.54) is 28.0 Å². The average Bonchev–Trinajstić information content (AvgIpc) is 2.97. The largest absolute Gasteiger partial charge is 0.370 e. The van der Waals surface area contributed by atoms with E-state index < -0.39 is 0 Å². The van der Waals surface area contributed by atoms with Crippen LogP contribution in [-0.2, 0) is 10.8 Å². The van der Waals surface area contributed by atoms with E-state index in [9.17, 15) is 0 Å². The average molecular weight is 382 g/mol. The summed E-state index contributed by atoms with van der Waals surface area (Å²) < 4.78 is 0. The molecular formula is C27H43N. The Bertz CT molecular complexity index is 733. The Kier molecular flexibility index (Phi) is 8.79. The van der Waals surface area contributed by atoms with Crippen LogP contribution in [0.4, 0.5) is 0 Å². The predicted molar refractivity (Wildman–Crippen MR) is 128 cm³/mol. The van der Waals surface area contributed by atoms with Gasteiger partial charge in [-0.15, -0.1) is 0 Å². The lowest BCUT2D eigenvalue weighted by molar-refractivity contribution is 0.455. The third kappa shape index (κ3) is 4.14. The molecule has 0 spiro atoms. The van der Waals surface area contributed by atoms with Crippen LogP contribution in [-0.4, -0.2) is 18.5 Å². The Morgan fingerprint density at radius 1 is 1.14 bits per heavy atom. The van der Waals surface area contributed by atoms with Crippen LogP contribution < -0.4 is 0 Å². The van der Waals surface area contributed by atoms with Crippen molar-refractivity contribution in [3.63, 3.8) is 0 Å². The first kappa shape index (κ1) is 24.3. The van der Waals surface area contributed by atoms with E-state index in [0.717, 1.165) is 19.4 Å². The van der Waals surface area contributed by atoms with Crippen LogP contribution in [0.5, 0.6) is 0 Å². The highest BCUT2D eigenvalue weighted by molar-refractivity contribution is 5.84. The monoisotopic (exact) mass is 381 g/mol. The third-order valence-electron chi connectivity index (χ3n) is 6.18. The summed E-state index contributed by atoms with van der Waals surface area (Å²) in [6, 6.07) is 6.97. The fourth-order valence-electron chi connectivity index (χ4n) is 4.33. The minimum atomic E-state index is 0.0844. The van der Waals surface area contributed by atoms with E-state index in [2.05, 4.69) is 89.1 Å². The molecule has 0 fully saturated rings. The normalized spacial score (nSPS) is 18.6. The van der Waals surface area contributed by atoms with Crippen molar-refractivity contribution in [2.24, 2.45) is 0 Å². The fourth-order valence-corrected chi connectivity index (χ4v) is 4.33. The molecule has 156 valence electrons. The highest BCUT2D eigenvalue weighted by atomic mass is 15.1. The molecule has 0 saturated heterocycles. The summed E-state index contributed by atoms with van der Waals surface area (Å²) in [7, 11) is 2.23. The van der Waals surface area contributed by atoms with Gasteiger partial charge in [0.1, 0.15) is 0 Å². The lowest BCUT2D eigenvalue weighted by atomic mass is 9.73. The van der Waals surface area contributed by atoms with Crippen LogP contribution in [0, 0.1) is 0 Å². The third-order valence-corrected chi connectivity index (χ3v) is 6.18. The molecule has 3 rings (SSSR count). The number of nitrogens with zero attached hydrogens (tertiary/aromatic N) is 1. The quantitative estimate of drug-likeness (QED) is 0.479. The number of likely N-dealkylation sites (N-methyl/N-ethyl adjacent to an activating group) is 1. The van der Waals surface area contributed by atoms with Crippen molar-refractivity contribution >= 4 is 5.70 Å². The molecule has 1 nitrogen and oxygen atoms in total. The van der Waals surface area contributed by atoms with Gasteiger partial charge in [-0.3, -0.25) is 0 Å². The fraction of sp³-hybridized carbons (Fsp3) is 0.556. The van der Waals surface area contributed by atoms with Gasteiger partial charge < -0.3 is 4.90 Å². The molecule has 1 heterocycles. The Morgan fingerprint density at radius 3 is 2.36 bits per heavy atom. The molecule has 0 N–H and O–H groups in total. The standard InChI is InChI=1S/C23H31N.2C2H6/c1-7-9-15-23(5,8-2)18-13-10-12-17-20(18)21-19(22(17,3)4)14-11-16-24(21)6;2*1-2/h7,9-14H,8,15-16H2,1-6H3;2*1-2H3. The molecule has 1 atom stereocenters. The van der Waals surface area contributed by atoms with E-state index in [-0.39, 0.29) is 10.8 Å². The summed E-state index contributed by atoms with van der Waals surface area (Å²) in [5.74, 6) is 0. The summed E-state index contributed by atoms with van der Waals surface area (Å²) >= 11 is 0. The molecule has 1 heteroatoms.